The largest absolute Gasteiger partial charge is 0.479 e. The van der Waals surface area contributed by atoms with Crippen LogP contribution in [0, 0.1) is 5.82 Å². The Morgan fingerprint density at radius 3 is 2.62 bits per heavy atom. The molecule has 2 aromatic rings. The summed E-state index contributed by atoms with van der Waals surface area (Å²) in [6.45, 7) is 1.63. The van der Waals surface area contributed by atoms with Crippen LogP contribution in [0.5, 0.6) is 5.75 Å². The van der Waals surface area contributed by atoms with Gasteiger partial charge in [-0.1, -0.05) is 12.1 Å². The van der Waals surface area contributed by atoms with E-state index in [0.717, 1.165) is 0 Å². The number of sulfonamides is 1. The van der Waals surface area contributed by atoms with Crippen molar-refractivity contribution in [3.05, 3.63) is 53.8 Å². The van der Waals surface area contributed by atoms with Gasteiger partial charge in [-0.25, -0.2) is 17.5 Å². The summed E-state index contributed by atoms with van der Waals surface area (Å²) in [5.41, 5.74) is 0.936. The van der Waals surface area contributed by atoms with Gasteiger partial charge in [0, 0.05) is 6.54 Å². The van der Waals surface area contributed by atoms with Crippen molar-refractivity contribution in [2.75, 3.05) is 5.32 Å². The molecule has 24 heavy (non-hydrogen) atoms. The van der Waals surface area contributed by atoms with Gasteiger partial charge in [0.2, 0.25) is 10.0 Å². The fourth-order valence-electron chi connectivity index (χ4n) is 2.22. The second-order valence-electron chi connectivity index (χ2n) is 5.36. The van der Waals surface area contributed by atoms with Crippen LogP contribution >= 0.6 is 0 Å². The van der Waals surface area contributed by atoms with Gasteiger partial charge in [0.15, 0.2) is 6.10 Å². The molecule has 6 nitrogen and oxygen atoms in total. The van der Waals surface area contributed by atoms with Crippen molar-refractivity contribution in [3.63, 3.8) is 0 Å². The molecular formula is C16H15FN2O4S. The van der Waals surface area contributed by atoms with Crippen LogP contribution in [-0.2, 0) is 21.4 Å². The van der Waals surface area contributed by atoms with E-state index in [9.17, 15) is 17.6 Å². The lowest BCUT2D eigenvalue weighted by molar-refractivity contribution is -0.122. The fraction of sp³-hybridized carbons (Fsp3) is 0.188. The van der Waals surface area contributed by atoms with Crippen LogP contribution in [0.4, 0.5) is 10.1 Å². The second kappa shape index (κ2) is 6.21. The molecule has 1 amide bonds. The number of hydrogen-bond acceptors (Lipinski definition) is 4. The second-order valence-corrected chi connectivity index (χ2v) is 7.13. The van der Waals surface area contributed by atoms with Gasteiger partial charge in [-0.15, -0.1) is 0 Å². The summed E-state index contributed by atoms with van der Waals surface area (Å²) in [7, 11) is -3.78. The molecule has 0 saturated heterocycles. The molecule has 0 aromatic heterocycles. The van der Waals surface area contributed by atoms with Crippen LogP contribution in [0.1, 0.15) is 12.5 Å². The number of rotatable bonds is 4. The molecule has 0 spiro atoms. The zero-order valence-electron chi connectivity index (χ0n) is 12.7. The molecule has 1 aliphatic rings. The SMILES string of the molecule is CC1Oc2ccc(S(=O)(=O)NCc3ccc(F)cc3)cc2NC1=O. The molecule has 1 atom stereocenters. The molecule has 2 N–H and O–H groups in total. The molecule has 1 unspecified atom stereocenters. The average Bonchev–Trinajstić information content (AvgIpc) is 2.55. The first-order valence-electron chi connectivity index (χ1n) is 7.21. The van der Waals surface area contributed by atoms with Gasteiger partial charge >= 0.3 is 0 Å². The lowest BCUT2D eigenvalue weighted by atomic mass is 10.2. The Balaban J connectivity index is 1.78. The van der Waals surface area contributed by atoms with E-state index >= 15 is 0 Å². The van der Waals surface area contributed by atoms with Crippen molar-refractivity contribution in [2.24, 2.45) is 0 Å². The first-order chi connectivity index (χ1) is 11.3. The monoisotopic (exact) mass is 350 g/mol. The topological polar surface area (TPSA) is 84.5 Å². The number of carbonyl (C=O) groups excluding carboxylic acids is 1. The van der Waals surface area contributed by atoms with E-state index < -0.39 is 16.1 Å². The van der Waals surface area contributed by atoms with Gasteiger partial charge in [-0.05, 0) is 42.8 Å². The van der Waals surface area contributed by atoms with Gasteiger partial charge in [-0.3, -0.25) is 4.79 Å². The van der Waals surface area contributed by atoms with E-state index in [4.69, 9.17) is 4.74 Å². The maximum Gasteiger partial charge on any atom is 0.265 e. The molecule has 1 aliphatic heterocycles. The lowest BCUT2D eigenvalue weighted by Gasteiger charge is -2.23. The van der Waals surface area contributed by atoms with Gasteiger partial charge < -0.3 is 10.1 Å². The van der Waals surface area contributed by atoms with E-state index in [0.29, 0.717) is 17.0 Å². The molecular weight excluding hydrogens is 335 g/mol. The number of anilines is 1. The van der Waals surface area contributed by atoms with Crippen LogP contribution in [0.3, 0.4) is 0 Å². The summed E-state index contributed by atoms with van der Waals surface area (Å²) >= 11 is 0. The normalized spacial score (nSPS) is 16.9. The van der Waals surface area contributed by atoms with Crippen molar-refractivity contribution >= 4 is 21.6 Å². The first kappa shape index (κ1) is 16.4. The van der Waals surface area contributed by atoms with Crippen molar-refractivity contribution in [3.8, 4) is 5.75 Å². The summed E-state index contributed by atoms with van der Waals surface area (Å²) in [4.78, 5) is 11.6. The van der Waals surface area contributed by atoms with E-state index in [1.54, 1.807) is 6.92 Å². The molecule has 0 radical (unpaired) electrons. The van der Waals surface area contributed by atoms with Gasteiger partial charge in [0.05, 0.1) is 10.6 Å². The molecule has 1 heterocycles. The highest BCUT2D eigenvalue weighted by atomic mass is 32.2. The summed E-state index contributed by atoms with van der Waals surface area (Å²) < 4.78 is 45.4. The molecule has 3 rings (SSSR count). The minimum Gasteiger partial charge on any atom is -0.479 e. The molecule has 126 valence electrons. The minimum atomic E-state index is -3.78. The maximum absolute atomic E-state index is 12.9. The Labute approximate surface area is 138 Å². The number of halogens is 1. The van der Waals surface area contributed by atoms with Gasteiger partial charge in [-0.2, -0.15) is 0 Å². The number of benzene rings is 2. The molecule has 0 fully saturated rings. The highest BCUT2D eigenvalue weighted by Crippen LogP contribution is 2.31. The number of ether oxygens (including phenoxy) is 1. The van der Waals surface area contributed by atoms with Crippen LogP contribution in [0.2, 0.25) is 0 Å². The number of fused-ring (bicyclic) bond motifs is 1. The summed E-state index contributed by atoms with van der Waals surface area (Å²) in [6.07, 6.45) is -0.628. The first-order valence-corrected chi connectivity index (χ1v) is 8.69. The van der Waals surface area contributed by atoms with E-state index in [2.05, 4.69) is 10.0 Å². The van der Waals surface area contributed by atoms with E-state index in [-0.39, 0.29) is 23.2 Å². The maximum atomic E-state index is 12.9. The Morgan fingerprint density at radius 1 is 1.21 bits per heavy atom. The fourth-order valence-corrected chi connectivity index (χ4v) is 3.26. The highest BCUT2D eigenvalue weighted by Gasteiger charge is 2.25. The Hall–Kier alpha value is -2.45. The third-order valence-electron chi connectivity index (χ3n) is 3.57. The van der Waals surface area contributed by atoms with Crippen molar-refractivity contribution in [2.45, 2.75) is 24.5 Å². The zero-order valence-corrected chi connectivity index (χ0v) is 13.6. The quantitative estimate of drug-likeness (QED) is 0.884. The lowest BCUT2D eigenvalue weighted by Crippen LogP contribution is -2.34. The van der Waals surface area contributed by atoms with E-state index in [1.807, 2.05) is 0 Å². The number of amides is 1. The third-order valence-corrected chi connectivity index (χ3v) is 4.97. The molecule has 2 aromatic carbocycles. The highest BCUT2D eigenvalue weighted by molar-refractivity contribution is 7.89. The van der Waals surface area contributed by atoms with Gasteiger partial charge in [0.1, 0.15) is 11.6 Å². The average molecular weight is 350 g/mol. The van der Waals surface area contributed by atoms with Crippen LogP contribution in [-0.4, -0.2) is 20.4 Å². The number of hydrogen-bond donors (Lipinski definition) is 2. The number of nitrogens with one attached hydrogen (secondary N) is 2. The summed E-state index contributed by atoms with van der Waals surface area (Å²) in [6, 6.07) is 9.76. The zero-order chi connectivity index (χ0) is 17.3. The predicted molar refractivity (Wildman–Crippen MR) is 85.6 cm³/mol. The number of carbonyl (C=O) groups is 1. The molecule has 8 heteroatoms. The smallest absolute Gasteiger partial charge is 0.265 e. The molecule has 0 bridgehead atoms. The van der Waals surface area contributed by atoms with Crippen LogP contribution < -0.4 is 14.8 Å². The van der Waals surface area contributed by atoms with Crippen molar-refractivity contribution in [1.82, 2.24) is 4.72 Å². The van der Waals surface area contributed by atoms with Crippen LogP contribution in [0.15, 0.2) is 47.4 Å². The minimum absolute atomic E-state index is 0.00168. The third kappa shape index (κ3) is 3.39. The summed E-state index contributed by atoms with van der Waals surface area (Å²) in [5, 5.41) is 2.60. The predicted octanol–water partition coefficient (Wildman–Crippen LogP) is 2.02. The Morgan fingerprint density at radius 2 is 1.92 bits per heavy atom. The van der Waals surface area contributed by atoms with Crippen molar-refractivity contribution < 1.29 is 22.3 Å². The van der Waals surface area contributed by atoms with Crippen molar-refractivity contribution in [1.29, 1.82) is 0 Å². The summed E-state index contributed by atoms with van der Waals surface area (Å²) in [5.74, 6) is -0.308. The van der Waals surface area contributed by atoms with Crippen LogP contribution in [0.25, 0.3) is 0 Å². The van der Waals surface area contributed by atoms with E-state index in [1.165, 1.54) is 42.5 Å². The molecule has 0 aliphatic carbocycles. The Kier molecular flexibility index (Phi) is 4.25. The van der Waals surface area contributed by atoms with Gasteiger partial charge in [0.25, 0.3) is 5.91 Å². The Bertz CT molecular complexity index is 881. The molecule has 0 saturated carbocycles. The standard InChI is InChI=1S/C16H15FN2O4S/c1-10-16(20)19-14-8-13(6-7-15(14)23-10)24(21,22)18-9-11-2-4-12(17)5-3-11/h2-8,10,18H,9H2,1H3,(H,19,20).